The molecule has 0 aliphatic rings. The SMILES string of the molecule is CC(C)(C)c1ccccc1NC(=O)c1ccc(C(F)(F)F)nc1. The van der Waals surface area contributed by atoms with Gasteiger partial charge in [0.15, 0.2) is 0 Å². The van der Waals surface area contributed by atoms with Crippen LogP contribution in [0.2, 0.25) is 0 Å². The van der Waals surface area contributed by atoms with Crippen molar-refractivity contribution in [3.05, 3.63) is 59.4 Å². The molecule has 0 atom stereocenters. The first kappa shape index (κ1) is 17.0. The van der Waals surface area contributed by atoms with Crippen LogP contribution in [0.25, 0.3) is 0 Å². The van der Waals surface area contributed by atoms with Gasteiger partial charge in [-0.3, -0.25) is 9.78 Å². The number of benzene rings is 1. The molecule has 0 bridgehead atoms. The molecule has 6 heteroatoms. The number of rotatable bonds is 2. The molecule has 3 nitrogen and oxygen atoms in total. The topological polar surface area (TPSA) is 42.0 Å². The number of hydrogen-bond donors (Lipinski definition) is 1. The predicted molar refractivity (Wildman–Crippen MR) is 82.3 cm³/mol. The molecule has 1 aromatic carbocycles. The summed E-state index contributed by atoms with van der Waals surface area (Å²) in [5, 5.41) is 2.73. The normalized spacial score (nSPS) is 12.1. The Balaban J connectivity index is 2.24. The molecule has 2 rings (SSSR count). The molecule has 0 radical (unpaired) electrons. The lowest BCUT2D eigenvalue weighted by Crippen LogP contribution is -2.19. The summed E-state index contributed by atoms with van der Waals surface area (Å²) in [5.41, 5.74) is 0.436. The van der Waals surface area contributed by atoms with E-state index in [0.29, 0.717) is 5.69 Å². The third-order valence-electron chi connectivity index (χ3n) is 3.30. The minimum Gasteiger partial charge on any atom is -0.322 e. The van der Waals surface area contributed by atoms with Crippen molar-refractivity contribution in [1.29, 1.82) is 0 Å². The maximum Gasteiger partial charge on any atom is 0.433 e. The molecule has 23 heavy (non-hydrogen) atoms. The molecule has 122 valence electrons. The van der Waals surface area contributed by atoms with Gasteiger partial charge in [0.1, 0.15) is 5.69 Å². The summed E-state index contributed by atoms with van der Waals surface area (Å²) in [6.45, 7) is 6.03. The standard InChI is InChI=1S/C17H17F3N2O/c1-16(2,3)12-6-4-5-7-13(12)22-15(23)11-8-9-14(21-10-11)17(18,19)20/h4-10H,1-3H3,(H,22,23). The van der Waals surface area contributed by atoms with E-state index in [9.17, 15) is 18.0 Å². The van der Waals surface area contributed by atoms with E-state index in [1.165, 1.54) is 0 Å². The first-order chi connectivity index (χ1) is 10.6. The zero-order valence-corrected chi connectivity index (χ0v) is 13.0. The molecule has 0 saturated heterocycles. The Kier molecular flexibility index (Phi) is 4.45. The van der Waals surface area contributed by atoms with Crippen LogP contribution in [0.3, 0.4) is 0 Å². The van der Waals surface area contributed by atoms with Gasteiger partial charge in [0.2, 0.25) is 0 Å². The van der Waals surface area contributed by atoms with Crippen LogP contribution in [-0.4, -0.2) is 10.9 Å². The third-order valence-corrected chi connectivity index (χ3v) is 3.30. The average Bonchev–Trinajstić information content (AvgIpc) is 2.46. The van der Waals surface area contributed by atoms with E-state index in [-0.39, 0.29) is 11.0 Å². The van der Waals surface area contributed by atoms with E-state index in [1.54, 1.807) is 12.1 Å². The lowest BCUT2D eigenvalue weighted by atomic mass is 9.86. The lowest BCUT2D eigenvalue weighted by Gasteiger charge is -2.23. The number of amides is 1. The Bertz CT molecular complexity index is 701. The monoisotopic (exact) mass is 322 g/mol. The van der Waals surface area contributed by atoms with Crippen LogP contribution in [0.5, 0.6) is 0 Å². The molecule has 1 aromatic heterocycles. The van der Waals surface area contributed by atoms with E-state index < -0.39 is 17.8 Å². The minimum atomic E-state index is -4.52. The van der Waals surface area contributed by atoms with Crippen molar-refractivity contribution < 1.29 is 18.0 Å². The second-order valence-corrected chi connectivity index (χ2v) is 6.18. The van der Waals surface area contributed by atoms with E-state index in [1.807, 2.05) is 32.9 Å². The zero-order chi connectivity index (χ0) is 17.3. The molecular formula is C17H17F3N2O. The van der Waals surface area contributed by atoms with Crippen LogP contribution in [0.1, 0.15) is 42.4 Å². The smallest absolute Gasteiger partial charge is 0.322 e. The minimum absolute atomic E-state index is 0.0710. The van der Waals surface area contributed by atoms with Gasteiger partial charge >= 0.3 is 6.18 Å². The highest BCUT2D eigenvalue weighted by atomic mass is 19.4. The van der Waals surface area contributed by atoms with Crippen LogP contribution >= 0.6 is 0 Å². The Morgan fingerprint density at radius 3 is 2.22 bits per heavy atom. The van der Waals surface area contributed by atoms with Crippen LogP contribution in [-0.2, 0) is 11.6 Å². The number of carbonyl (C=O) groups excluding carboxylic acids is 1. The number of para-hydroxylation sites is 1. The maximum atomic E-state index is 12.5. The Hall–Kier alpha value is -2.37. The van der Waals surface area contributed by atoms with Crippen molar-refractivity contribution >= 4 is 11.6 Å². The molecule has 1 N–H and O–H groups in total. The molecule has 0 unspecified atom stereocenters. The summed E-state index contributed by atoms with van der Waals surface area (Å²) in [4.78, 5) is 15.5. The summed E-state index contributed by atoms with van der Waals surface area (Å²) in [6.07, 6.45) is -3.59. The fourth-order valence-electron chi connectivity index (χ4n) is 2.14. The first-order valence-electron chi connectivity index (χ1n) is 7.03. The van der Waals surface area contributed by atoms with Crippen molar-refractivity contribution in [3.8, 4) is 0 Å². The van der Waals surface area contributed by atoms with Gasteiger partial charge in [-0.25, -0.2) is 0 Å². The van der Waals surface area contributed by atoms with Crippen molar-refractivity contribution in [2.75, 3.05) is 5.32 Å². The number of hydrogen-bond acceptors (Lipinski definition) is 2. The third kappa shape index (κ3) is 4.09. The molecule has 0 spiro atoms. The number of carbonyl (C=O) groups is 1. The van der Waals surface area contributed by atoms with E-state index >= 15 is 0 Å². The fourth-order valence-corrected chi connectivity index (χ4v) is 2.14. The second-order valence-electron chi connectivity index (χ2n) is 6.18. The maximum absolute atomic E-state index is 12.5. The summed E-state index contributed by atoms with van der Waals surface area (Å²) in [5.74, 6) is -0.497. The van der Waals surface area contributed by atoms with Gasteiger partial charge in [-0.15, -0.1) is 0 Å². The molecule has 1 amide bonds. The number of halogens is 3. The highest BCUT2D eigenvalue weighted by Gasteiger charge is 2.32. The van der Waals surface area contributed by atoms with Gasteiger partial charge in [-0.2, -0.15) is 13.2 Å². The predicted octanol–water partition coefficient (Wildman–Crippen LogP) is 4.65. The van der Waals surface area contributed by atoms with Gasteiger partial charge in [-0.05, 0) is 29.2 Å². The number of nitrogens with zero attached hydrogens (tertiary/aromatic N) is 1. The van der Waals surface area contributed by atoms with Crippen LogP contribution in [0, 0.1) is 0 Å². The summed E-state index contributed by atoms with van der Waals surface area (Å²) in [7, 11) is 0. The van der Waals surface area contributed by atoms with E-state index in [4.69, 9.17) is 0 Å². The number of anilines is 1. The second kappa shape index (κ2) is 6.02. The van der Waals surface area contributed by atoms with Crippen LogP contribution in [0.15, 0.2) is 42.6 Å². The van der Waals surface area contributed by atoms with Gasteiger partial charge in [-0.1, -0.05) is 39.0 Å². The molecule has 0 aliphatic carbocycles. The largest absolute Gasteiger partial charge is 0.433 e. The highest BCUT2D eigenvalue weighted by Crippen LogP contribution is 2.30. The van der Waals surface area contributed by atoms with Crippen LogP contribution in [0.4, 0.5) is 18.9 Å². The molecular weight excluding hydrogens is 305 g/mol. The van der Waals surface area contributed by atoms with Gasteiger partial charge in [0, 0.05) is 11.9 Å². The Morgan fingerprint density at radius 2 is 1.70 bits per heavy atom. The summed E-state index contributed by atoms with van der Waals surface area (Å²) >= 11 is 0. The molecule has 0 aliphatic heterocycles. The summed E-state index contributed by atoms with van der Waals surface area (Å²) in [6, 6.07) is 9.23. The average molecular weight is 322 g/mol. The Morgan fingerprint density at radius 1 is 1.04 bits per heavy atom. The Labute approximate surface area is 132 Å². The molecule has 0 fully saturated rings. The molecule has 2 aromatic rings. The van der Waals surface area contributed by atoms with Gasteiger partial charge in [0.05, 0.1) is 5.56 Å². The highest BCUT2D eigenvalue weighted by molar-refractivity contribution is 6.04. The number of pyridine rings is 1. The summed E-state index contributed by atoms with van der Waals surface area (Å²) < 4.78 is 37.5. The van der Waals surface area contributed by atoms with E-state index in [0.717, 1.165) is 23.9 Å². The molecule has 1 heterocycles. The fraction of sp³-hybridized carbons (Fsp3) is 0.294. The lowest BCUT2D eigenvalue weighted by molar-refractivity contribution is -0.141. The van der Waals surface area contributed by atoms with Crippen molar-refractivity contribution in [2.45, 2.75) is 32.4 Å². The number of aromatic nitrogens is 1. The zero-order valence-electron chi connectivity index (χ0n) is 13.0. The van der Waals surface area contributed by atoms with Crippen molar-refractivity contribution in [1.82, 2.24) is 4.98 Å². The van der Waals surface area contributed by atoms with Crippen molar-refractivity contribution in [2.24, 2.45) is 0 Å². The van der Waals surface area contributed by atoms with Crippen LogP contribution < -0.4 is 5.32 Å². The van der Waals surface area contributed by atoms with Gasteiger partial charge in [0.25, 0.3) is 5.91 Å². The number of alkyl halides is 3. The van der Waals surface area contributed by atoms with E-state index in [2.05, 4.69) is 10.3 Å². The van der Waals surface area contributed by atoms with Gasteiger partial charge < -0.3 is 5.32 Å². The van der Waals surface area contributed by atoms with Crippen molar-refractivity contribution in [3.63, 3.8) is 0 Å². The molecule has 0 saturated carbocycles. The quantitative estimate of drug-likeness (QED) is 0.874. The first-order valence-corrected chi connectivity index (χ1v) is 7.03. The number of nitrogens with one attached hydrogen (secondary N) is 1.